The topological polar surface area (TPSA) is 0 Å². The zero-order chi connectivity index (χ0) is 10.7. The van der Waals surface area contributed by atoms with Crippen LogP contribution in [0.1, 0.15) is 21.6 Å². The molecule has 0 saturated carbocycles. The van der Waals surface area contributed by atoms with E-state index in [1.807, 2.05) is 0 Å². The van der Waals surface area contributed by atoms with Crippen molar-refractivity contribution in [3.05, 3.63) is 57.3 Å². The Morgan fingerprint density at radius 1 is 1.20 bits per heavy atom. The number of hydrogen-bond acceptors (Lipinski definition) is 1. The minimum atomic E-state index is 0.971. The van der Waals surface area contributed by atoms with Crippen molar-refractivity contribution in [1.82, 2.24) is 0 Å². The molecule has 0 aliphatic heterocycles. The lowest BCUT2D eigenvalue weighted by atomic mass is 10.1. The number of benzene rings is 1. The molecule has 0 fully saturated rings. The lowest BCUT2D eigenvalue weighted by molar-refractivity contribution is 1.20. The summed E-state index contributed by atoms with van der Waals surface area (Å²) in [5.41, 5.74) is 3.94. The van der Waals surface area contributed by atoms with Crippen molar-refractivity contribution < 1.29 is 0 Å². The average molecular weight is 212 g/mol. The molecule has 2 aromatic rings. The van der Waals surface area contributed by atoms with E-state index in [0.717, 1.165) is 11.3 Å². The lowest BCUT2D eigenvalue weighted by Gasteiger charge is -1.99. The van der Waals surface area contributed by atoms with Crippen molar-refractivity contribution in [1.29, 1.82) is 0 Å². The fourth-order valence-electron chi connectivity index (χ4n) is 1.49. The SMILES string of the molecule is C#Cc1cc(Cc2ccc(C)cc2)cs1. The van der Waals surface area contributed by atoms with Crippen LogP contribution < -0.4 is 0 Å². The summed E-state index contributed by atoms with van der Waals surface area (Å²) in [6.45, 7) is 2.10. The number of rotatable bonds is 2. The molecule has 0 nitrogen and oxygen atoms in total. The molecule has 15 heavy (non-hydrogen) atoms. The molecule has 0 aliphatic rings. The van der Waals surface area contributed by atoms with E-state index in [4.69, 9.17) is 6.42 Å². The maximum Gasteiger partial charge on any atom is 0.0768 e. The Labute approximate surface area is 94.6 Å². The van der Waals surface area contributed by atoms with Gasteiger partial charge in [0.05, 0.1) is 4.88 Å². The molecule has 1 aromatic heterocycles. The van der Waals surface area contributed by atoms with E-state index in [-0.39, 0.29) is 0 Å². The van der Waals surface area contributed by atoms with Crippen LogP contribution in [0.3, 0.4) is 0 Å². The first kappa shape index (κ1) is 10.0. The molecule has 0 aliphatic carbocycles. The Kier molecular flexibility index (Phi) is 2.89. The highest BCUT2D eigenvalue weighted by Gasteiger charge is 1.99. The van der Waals surface area contributed by atoms with Crippen LogP contribution in [-0.4, -0.2) is 0 Å². The van der Waals surface area contributed by atoms with Crippen LogP contribution in [0.25, 0.3) is 0 Å². The van der Waals surface area contributed by atoms with Crippen LogP contribution in [0, 0.1) is 19.3 Å². The monoisotopic (exact) mass is 212 g/mol. The summed E-state index contributed by atoms with van der Waals surface area (Å²) in [4.78, 5) is 1.01. The molecule has 2 rings (SSSR count). The normalized spacial score (nSPS) is 9.87. The van der Waals surface area contributed by atoms with E-state index in [0.29, 0.717) is 0 Å². The van der Waals surface area contributed by atoms with Crippen LogP contribution in [0.2, 0.25) is 0 Å². The van der Waals surface area contributed by atoms with Crippen molar-refractivity contribution in [2.75, 3.05) is 0 Å². The van der Waals surface area contributed by atoms with Gasteiger partial charge in [0.1, 0.15) is 0 Å². The highest BCUT2D eigenvalue weighted by molar-refractivity contribution is 7.10. The standard InChI is InChI=1S/C14H12S/c1-3-14-9-13(10-15-14)8-12-6-4-11(2)5-7-12/h1,4-7,9-10H,8H2,2H3. The molecule has 0 unspecified atom stereocenters. The van der Waals surface area contributed by atoms with Gasteiger partial charge in [0.2, 0.25) is 0 Å². The number of hydrogen-bond donors (Lipinski definition) is 0. The molecule has 0 bridgehead atoms. The van der Waals surface area contributed by atoms with Gasteiger partial charge in [-0.3, -0.25) is 0 Å². The van der Waals surface area contributed by atoms with Crippen LogP contribution in [-0.2, 0) is 6.42 Å². The van der Waals surface area contributed by atoms with E-state index < -0.39 is 0 Å². The third-order valence-electron chi connectivity index (χ3n) is 2.32. The summed E-state index contributed by atoms with van der Waals surface area (Å²) in [6, 6.07) is 10.7. The largest absolute Gasteiger partial charge is 0.135 e. The third kappa shape index (κ3) is 2.49. The summed E-state index contributed by atoms with van der Waals surface area (Å²) in [6.07, 6.45) is 6.31. The second kappa shape index (κ2) is 4.33. The van der Waals surface area contributed by atoms with Crippen molar-refractivity contribution in [3.63, 3.8) is 0 Å². The number of terminal acetylenes is 1. The van der Waals surface area contributed by atoms with E-state index >= 15 is 0 Å². The molecule has 0 saturated heterocycles. The first-order chi connectivity index (χ1) is 7.28. The summed E-state index contributed by atoms with van der Waals surface area (Å²) < 4.78 is 0. The minimum absolute atomic E-state index is 0.971. The first-order valence-electron chi connectivity index (χ1n) is 4.87. The zero-order valence-electron chi connectivity index (χ0n) is 8.66. The van der Waals surface area contributed by atoms with Crippen LogP contribution >= 0.6 is 11.3 Å². The van der Waals surface area contributed by atoms with Gasteiger partial charge in [-0.05, 0) is 35.9 Å². The van der Waals surface area contributed by atoms with Crippen molar-refractivity contribution in [2.45, 2.75) is 13.3 Å². The van der Waals surface area contributed by atoms with Gasteiger partial charge in [-0.2, -0.15) is 0 Å². The summed E-state index contributed by atoms with van der Waals surface area (Å²) >= 11 is 1.64. The Morgan fingerprint density at radius 3 is 2.53 bits per heavy atom. The molecule has 74 valence electrons. The molecule has 0 spiro atoms. The summed E-state index contributed by atoms with van der Waals surface area (Å²) in [5, 5.41) is 2.13. The maximum absolute atomic E-state index is 5.34. The Balaban J connectivity index is 2.15. The van der Waals surface area contributed by atoms with Crippen LogP contribution in [0.5, 0.6) is 0 Å². The Bertz CT molecular complexity index is 483. The van der Waals surface area contributed by atoms with Gasteiger partial charge in [0.15, 0.2) is 0 Å². The first-order valence-corrected chi connectivity index (χ1v) is 5.75. The lowest BCUT2D eigenvalue weighted by Crippen LogP contribution is -1.85. The second-order valence-corrected chi connectivity index (χ2v) is 4.54. The average Bonchev–Trinajstić information content (AvgIpc) is 2.69. The molecule has 0 amide bonds. The summed E-state index contributed by atoms with van der Waals surface area (Å²) in [7, 11) is 0. The molecule has 0 atom stereocenters. The van der Waals surface area contributed by atoms with Crippen LogP contribution in [0.4, 0.5) is 0 Å². The predicted molar refractivity (Wildman–Crippen MR) is 66.2 cm³/mol. The predicted octanol–water partition coefficient (Wildman–Crippen LogP) is 3.63. The fraction of sp³-hybridized carbons (Fsp3) is 0.143. The smallest absolute Gasteiger partial charge is 0.0768 e. The number of thiophene rings is 1. The quantitative estimate of drug-likeness (QED) is 0.667. The van der Waals surface area contributed by atoms with Gasteiger partial charge in [0, 0.05) is 0 Å². The maximum atomic E-state index is 5.34. The molecule has 1 heteroatoms. The van der Waals surface area contributed by atoms with Crippen LogP contribution in [0.15, 0.2) is 35.7 Å². The molecular weight excluding hydrogens is 200 g/mol. The second-order valence-electron chi connectivity index (χ2n) is 3.63. The fourth-order valence-corrected chi connectivity index (χ4v) is 2.20. The van der Waals surface area contributed by atoms with Gasteiger partial charge in [0.25, 0.3) is 0 Å². The zero-order valence-corrected chi connectivity index (χ0v) is 9.47. The third-order valence-corrected chi connectivity index (χ3v) is 3.24. The molecule has 0 radical (unpaired) electrons. The van der Waals surface area contributed by atoms with Gasteiger partial charge < -0.3 is 0 Å². The molecular formula is C14H12S. The highest BCUT2D eigenvalue weighted by atomic mass is 32.1. The number of aryl methyl sites for hydroxylation is 1. The van der Waals surface area contributed by atoms with E-state index in [2.05, 4.69) is 48.6 Å². The van der Waals surface area contributed by atoms with E-state index in [1.54, 1.807) is 11.3 Å². The van der Waals surface area contributed by atoms with Crippen molar-refractivity contribution >= 4 is 11.3 Å². The van der Waals surface area contributed by atoms with Gasteiger partial charge >= 0.3 is 0 Å². The summed E-state index contributed by atoms with van der Waals surface area (Å²) in [5.74, 6) is 2.66. The van der Waals surface area contributed by atoms with Gasteiger partial charge in [-0.25, -0.2) is 0 Å². The van der Waals surface area contributed by atoms with Gasteiger partial charge in [-0.15, -0.1) is 17.8 Å². The van der Waals surface area contributed by atoms with Crippen molar-refractivity contribution in [3.8, 4) is 12.3 Å². The van der Waals surface area contributed by atoms with Gasteiger partial charge in [-0.1, -0.05) is 35.7 Å². The molecule has 0 N–H and O–H groups in total. The molecule has 1 aromatic carbocycles. The Hall–Kier alpha value is -1.52. The van der Waals surface area contributed by atoms with E-state index in [1.165, 1.54) is 16.7 Å². The van der Waals surface area contributed by atoms with E-state index in [9.17, 15) is 0 Å². The Morgan fingerprint density at radius 2 is 1.93 bits per heavy atom. The highest BCUT2D eigenvalue weighted by Crippen LogP contribution is 2.17. The molecule has 1 heterocycles. The van der Waals surface area contributed by atoms with Crippen molar-refractivity contribution in [2.24, 2.45) is 0 Å². The minimum Gasteiger partial charge on any atom is -0.135 e.